The Balaban J connectivity index is 2.38. The predicted molar refractivity (Wildman–Crippen MR) is 73.4 cm³/mol. The van der Waals surface area contributed by atoms with Gasteiger partial charge in [-0.05, 0) is 30.2 Å². The first-order chi connectivity index (χ1) is 8.60. The van der Waals surface area contributed by atoms with E-state index in [-0.39, 0.29) is 22.4 Å². The lowest BCUT2D eigenvalue weighted by Crippen LogP contribution is -2.17. The molecule has 1 aliphatic carbocycles. The van der Waals surface area contributed by atoms with Crippen LogP contribution in [0.25, 0.3) is 0 Å². The van der Waals surface area contributed by atoms with E-state index in [0.29, 0.717) is 17.1 Å². The molecule has 0 unspecified atom stereocenters. The summed E-state index contributed by atoms with van der Waals surface area (Å²) < 4.78 is 0. The topological polar surface area (TPSA) is 75.1 Å². The van der Waals surface area contributed by atoms with E-state index < -0.39 is 5.97 Å². The monoisotopic (exact) mass is 263 g/mol. The van der Waals surface area contributed by atoms with E-state index >= 15 is 0 Å². The molecule has 0 atom stereocenters. The molecule has 2 rings (SSSR count). The SMILES string of the molecule is Cc1nnc(NC2C(C)(C)C2(C)C)c(C(=O)O)c1C. The predicted octanol–water partition coefficient (Wildman–Crippen LogP) is 2.64. The lowest BCUT2D eigenvalue weighted by molar-refractivity contribution is 0.0696. The number of anilines is 1. The van der Waals surface area contributed by atoms with Crippen LogP contribution in [0.4, 0.5) is 5.82 Å². The zero-order valence-corrected chi connectivity index (χ0v) is 12.3. The van der Waals surface area contributed by atoms with E-state index in [9.17, 15) is 9.90 Å². The Bertz CT molecular complexity index is 536. The maximum absolute atomic E-state index is 11.4. The molecule has 0 spiro atoms. The second kappa shape index (κ2) is 3.92. The van der Waals surface area contributed by atoms with Crippen LogP contribution >= 0.6 is 0 Å². The van der Waals surface area contributed by atoms with Crippen LogP contribution in [-0.4, -0.2) is 27.3 Å². The molecule has 0 bridgehead atoms. The van der Waals surface area contributed by atoms with Crippen molar-refractivity contribution in [2.45, 2.75) is 47.6 Å². The number of aromatic carboxylic acids is 1. The minimum atomic E-state index is -0.964. The number of hydrogen-bond acceptors (Lipinski definition) is 4. The molecule has 1 fully saturated rings. The third-order valence-electron chi connectivity index (χ3n) is 4.97. The molecule has 0 aliphatic heterocycles. The van der Waals surface area contributed by atoms with Gasteiger partial charge in [-0.3, -0.25) is 0 Å². The lowest BCUT2D eigenvalue weighted by atomic mass is 10.0. The number of hydrogen-bond donors (Lipinski definition) is 2. The minimum Gasteiger partial charge on any atom is -0.478 e. The Morgan fingerprint density at radius 3 is 2.11 bits per heavy atom. The first-order valence-corrected chi connectivity index (χ1v) is 6.44. The maximum atomic E-state index is 11.4. The van der Waals surface area contributed by atoms with Crippen LogP contribution in [0.2, 0.25) is 0 Å². The molecule has 0 aromatic carbocycles. The van der Waals surface area contributed by atoms with Gasteiger partial charge in [0.15, 0.2) is 5.82 Å². The molecule has 19 heavy (non-hydrogen) atoms. The number of aromatic nitrogens is 2. The quantitative estimate of drug-likeness (QED) is 0.876. The molecule has 104 valence electrons. The van der Waals surface area contributed by atoms with Crippen LogP contribution in [0.5, 0.6) is 0 Å². The van der Waals surface area contributed by atoms with Crippen molar-refractivity contribution in [2.75, 3.05) is 5.32 Å². The van der Waals surface area contributed by atoms with E-state index in [2.05, 4.69) is 43.2 Å². The molecule has 0 saturated heterocycles. The lowest BCUT2D eigenvalue weighted by Gasteiger charge is -2.12. The molecular weight excluding hydrogens is 242 g/mol. The molecule has 0 radical (unpaired) electrons. The maximum Gasteiger partial charge on any atom is 0.339 e. The van der Waals surface area contributed by atoms with Gasteiger partial charge in [-0.15, -0.1) is 5.10 Å². The molecular formula is C14H21N3O2. The summed E-state index contributed by atoms with van der Waals surface area (Å²) in [6.07, 6.45) is 0. The molecule has 5 heteroatoms. The smallest absolute Gasteiger partial charge is 0.339 e. The van der Waals surface area contributed by atoms with Crippen LogP contribution in [0.15, 0.2) is 0 Å². The molecule has 1 aromatic heterocycles. The molecule has 1 heterocycles. The summed E-state index contributed by atoms with van der Waals surface area (Å²) in [5, 5.41) is 20.7. The summed E-state index contributed by atoms with van der Waals surface area (Å²) in [4.78, 5) is 11.4. The van der Waals surface area contributed by atoms with Gasteiger partial charge in [0.05, 0.1) is 5.69 Å². The summed E-state index contributed by atoms with van der Waals surface area (Å²) in [5.74, 6) is -0.589. The van der Waals surface area contributed by atoms with E-state index in [4.69, 9.17) is 0 Å². The van der Waals surface area contributed by atoms with Crippen molar-refractivity contribution in [1.29, 1.82) is 0 Å². The average Bonchev–Trinajstić information content (AvgIpc) is 2.65. The summed E-state index contributed by atoms with van der Waals surface area (Å²) >= 11 is 0. The Morgan fingerprint density at radius 2 is 1.68 bits per heavy atom. The molecule has 2 N–H and O–H groups in total. The molecule has 1 saturated carbocycles. The van der Waals surface area contributed by atoms with E-state index in [1.54, 1.807) is 13.8 Å². The Morgan fingerprint density at radius 1 is 1.16 bits per heavy atom. The van der Waals surface area contributed by atoms with Gasteiger partial charge >= 0.3 is 5.97 Å². The normalized spacial score (nSPS) is 20.1. The van der Waals surface area contributed by atoms with Gasteiger partial charge in [0.1, 0.15) is 5.56 Å². The Labute approximate surface area is 113 Å². The molecule has 5 nitrogen and oxygen atoms in total. The number of carboxylic acids is 1. The number of aryl methyl sites for hydroxylation is 1. The average molecular weight is 263 g/mol. The standard InChI is InChI=1S/C14H21N3O2/c1-7-8(2)16-17-10(9(7)11(18)19)15-12-13(3,4)14(12,5)6/h12H,1-6H3,(H,15,17)(H,18,19). The van der Waals surface area contributed by atoms with Gasteiger partial charge in [0.2, 0.25) is 0 Å². The number of rotatable bonds is 3. The summed E-state index contributed by atoms with van der Waals surface area (Å²) in [6.45, 7) is 12.2. The van der Waals surface area contributed by atoms with Crippen molar-refractivity contribution < 1.29 is 9.90 Å². The van der Waals surface area contributed by atoms with Crippen LogP contribution < -0.4 is 5.32 Å². The van der Waals surface area contributed by atoms with E-state index in [1.165, 1.54) is 0 Å². The molecule has 1 aromatic rings. The highest BCUT2D eigenvalue weighted by Gasteiger charge is 2.65. The minimum absolute atomic E-state index is 0.114. The van der Waals surface area contributed by atoms with Gasteiger partial charge in [0, 0.05) is 6.04 Å². The second-order valence-electron chi connectivity index (χ2n) is 6.46. The van der Waals surface area contributed by atoms with E-state index in [1.807, 2.05) is 0 Å². The van der Waals surface area contributed by atoms with Gasteiger partial charge in [-0.2, -0.15) is 5.10 Å². The highest BCUT2D eigenvalue weighted by Crippen LogP contribution is 2.63. The molecule has 1 aliphatic rings. The summed E-state index contributed by atoms with van der Waals surface area (Å²) in [6, 6.07) is 0.203. The number of nitrogens with one attached hydrogen (secondary N) is 1. The highest BCUT2D eigenvalue weighted by molar-refractivity contribution is 5.95. The van der Waals surface area contributed by atoms with Crippen molar-refractivity contribution >= 4 is 11.8 Å². The fraction of sp³-hybridized carbons (Fsp3) is 0.643. The summed E-state index contributed by atoms with van der Waals surface area (Å²) in [5.41, 5.74) is 1.77. The second-order valence-corrected chi connectivity index (χ2v) is 6.46. The van der Waals surface area contributed by atoms with Crippen LogP contribution in [0.3, 0.4) is 0 Å². The number of carboxylic acid groups (broad SMARTS) is 1. The van der Waals surface area contributed by atoms with Crippen molar-refractivity contribution in [3.05, 3.63) is 16.8 Å². The largest absolute Gasteiger partial charge is 0.478 e. The number of carbonyl (C=O) groups is 1. The van der Waals surface area contributed by atoms with Crippen molar-refractivity contribution in [2.24, 2.45) is 10.8 Å². The highest BCUT2D eigenvalue weighted by atomic mass is 16.4. The Kier molecular flexibility index (Phi) is 2.84. The fourth-order valence-electron chi connectivity index (χ4n) is 2.67. The summed E-state index contributed by atoms with van der Waals surface area (Å²) in [7, 11) is 0. The van der Waals surface area contributed by atoms with Gasteiger partial charge in [-0.1, -0.05) is 27.7 Å². The van der Waals surface area contributed by atoms with Crippen molar-refractivity contribution in [3.63, 3.8) is 0 Å². The van der Waals surface area contributed by atoms with Crippen LogP contribution in [0, 0.1) is 24.7 Å². The Hall–Kier alpha value is -1.65. The third kappa shape index (κ3) is 1.88. The third-order valence-corrected chi connectivity index (χ3v) is 4.97. The van der Waals surface area contributed by atoms with E-state index in [0.717, 1.165) is 0 Å². The van der Waals surface area contributed by atoms with Gasteiger partial charge in [0.25, 0.3) is 0 Å². The first-order valence-electron chi connectivity index (χ1n) is 6.44. The van der Waals surface area contributed by atoms with Crippen LogP contribution in [0.1, 0.15) is 49.3 Å². The fourth-order valence-corrected chi connectivity index (χ4v) is 2.67. The zero-order chi connectivity index (χ0) is 14.6. The van der Waals surface area contributed by atoms with Crippen molar-refractivity contribution in [1.82, 2.24) is 10.2 Å². The first kappa shape index (κ1) is 13.8. The molecule has 0 amide bonds. The zero-order valence-electron chi connectivity index (χ0n) is 12.3. The van der Waals surface area contributed by atoms with Gasteiger partial charge < -0.3 is 10.4 Å². The van der Waals surface area contributed by atoms with Crippen LogP contribution in [-0.2, 0) is 0 Å². The number of nitrogens with zero attached hydrogens (tertiary/aromatic N) is 2. The van der Waals surface area contributed by atoms with Crippen molar-refractivity contribution in [3.8, 4) is 0 Å². The van der Waals surface area contributed by atoms with Gasteiger partial charge in [-0.25, -0.2) is 4.79 Å².